The lowest BCUT2D eigenvalue weighted by atomic mass is 10.1. The zero-order valence-corrected chi connectivity index (χ0v) is 18.4. The molecule has 4 N–H and O–H groups in total. The average Bonchev–Trinajstić information content (AvgIpc) is 3.43. The normalized spacial score (nSPS) is 11.9. The molecule has 0 fully saturated rings. The Morgan fingerprint density at radius 1 is 1.10 bits per heavy atom. The van der Waals surface area contributed by atoms with Crippen molar-refractivity contribution in [2.45, 2.75) is 30.5 Å². The fourth-order valence-electron chi connectivity index (χ4n) is 2.80. The molecule has 31 heavy (non-hydrogen) atoms. The summed E-state index contributed by atoms with van der Waals surface area (Å²) >= 11 is 1.47. The highest BCUT2D eigenvalue weighted by Crippen LogP contribution is 2.31. The molecule has 11 heteroatoms. The first kappa shape index (κ1) is 21.1. The van der Waals surface area contributed by atoms with E-state index in [2.05, 4.69) is 20.2 Å². The van der Waals surface area contributed by atoms with Gasteiger partial charge in [-0.05, 0) is 38.1 Å². The molecule has 0 saturated heterocycles. The molecule has 0 unspecified atom stereocenters. The Labute approximate surface area is 189 Å². The van der Waals surface area contributed by atoms with Gasteiger partial charge in [-0.1, -0.05) is 12.1 Å². The third kappa shape index (κ3) is 4.07. The minimum absolute atomic E-state index is 0. The van der Waals surface area contributed by atoms with Crippen LogP contribution in [0.2, 0.25) is 0 Å². The molecule has 0 amide bonds. The number of nitrogens with two attached hydrogens (primary N) is 2. The minimum atomic E-state index is -3.35. The Kier molecular flexibility index (Phi) is 5.56. The van der Waals surface area contributed by atoms with Gasteiger partial charge in [0.15, 0.2) is 21.3 Å². The summed E-state index contributed by atoms with van der Waals surface area (Å²) in [6, 6.07) is 10.2. The van der Waals surface area contributed by atoms with Crippen LogP contribution in [0.25, 0.3) is 33.6 Å². The van der Waals surface area contributed by atoms with Crippen molar-refractivity contribution in [1.82, 2.24) is 20.2 Å². The first-order valence-electron chi connectivity index (χ1n) is 9.39. The zero-order valence-electron chi connectivity index (χ0n) is 16.8. The van der Waals surface area contributed by atoms with Crippen LogP contribution < -0.4 is 11.5 Å². The maximum absolute atomic E-state index is 12.3. The van der Waals surface area contributed by atoms with E-state index < -0.39 is 15.1 Å². The summed E-state index contributed by atoms with van der Waals surface area (Å²) in [4.78, 5) is 10.8. The number of aromatic nitrogens is 4. The highest BCUT2D eigenvalue weighted by atomic mass is 32.2. The first-order chi connectivity index (χ1) is 14.8. The van der Waals surface area contributed by atoms with Gasteiger partial charge in [0.1, 0.15) is 0 Å². The number of thiophene rings is 1. The SMILES string of the molecule is CC(C)S(=O)(=O)c1ccc(-c2cnc(N)c(-c3nnc(-c4ccc(CN)s4)o3)n2)cc1.[HH].[HH].[HH].[HH]. The molecule has 3 aromatic heterocycles. The van der Waals surface area contributed by atoms with Crippen molar-refractivity contribution < 1.29 is 18.5 Å². The van der Waals surface area contributed by atoms with Gasteiger partial charge in [-0.2, -0.15) is 0 Å². The topological polar surface area (TPSA) is 151 Å². The summed E-state index contributed by atoms with van der Waals surface area (Å²) in [6.07, 6.45) is 1.51. The minimum Gasteiger partial charge on any atom is -0.414 e. The van der Waals surface area contributed by atoms with E-state index in [1.165, 1.54) is 17.5 Å². The smallest absolute Gasteiger partial charge is 0.270 e. The van der Waals surface area contributed by atoms with Crippen molar-refractivity contribution in [3.63, 3.8) is 0 Å². The molecule has 4 aromatic rings. The Bertz CT molecular complexity index is 1350. The van der Waals surface area contributed by atoms with Crippen LogP contribution in [0.15, 0.2) is 51.9 Å². The summed E-state index contributed by atoms with van der Waals surface area (Å²) in [5, 5.41) is 7.63. The molecule has 0 radical (unpaired) electrons. The van der Waals surface area contributed by atoms with Crippen LogP contribution in [0.1, 0.15) is 24.4 Å². The summed E-state index contributed by atoms with van der Waals surface area (Å²) in [5.41, 5.74) is 13.1. The van der Waals surface area contributed by atoms with Crippen LogP contribution in [0, 0.1) is 0 Å². The predicted molar refractivity (Wildman–Crippen MR) is 127 cm³/mol. The molecule has 168 valence electrons. The molecule has 1 aromatic carbocycles. The average molecular weight is 465 g/mol. The van der Waals surface area contributed by atoms with E-state index in [9.17, 15) is 8.42 Å². The summed E-state index contributed by atoms with van der Waals surface area (Å²) in [7, 11) is -3.35. The number of hydrogen-bond donors (Lipinski definition) is 2. The lowest BCUT2D eigenvalue weighted by Crippen LogP contribution is -2.13. The highest BCUT2D eigenvalue weighted by Gasteiger charge is 2.20. The standard InChI is InChI=1S/C20H20N6O3S2.4H2/c1-11(2)31(27,28)14-6-3-12(4-7-14)15-10-23-18(22)17(24-15)20-26-25-19(29-20)16-8-5-13(9-21)30-16;;;;/h3-8,10-11H,9,21H2,1-2H3,(H2,22,23);4*1H. The lowest BCUT2D eigenvalue weighted by Gasteiger charge is -2.09. The fourth-order valence-corrected chi connectivity index (χ4v) is 4.67. The fraction of sp³-hybridized carbons (Fsp3) is 0.200. The Balaban J connectivity index is 0.00000289. The molecule has 0 bridgehead atoms. The molecule has 0 atom stereocenters. The number of anilines is 1. The van der Waals surface area contributed by atoms with E-state index in [-0.39, 0.29) is 28.0 Å². The van der Waals surface area contributed by atoms with Crippen molar-refractivity contribution in [2.75, 3.05) is 5.73 Å². The van der Waals surface area contributed by atoms with Crippen molar-refractivity contribution in [1.29, 1.82) is 0 Å². The number of hydrogen-bond acceptors (Lipinski definition) is 10. The van der Waals surface area contributed by atoms with Crippen molar-refractivity contribution >= 4 is 27.0 Å². The molecular weight excluding hydrogens is 436 g/mol. The molecule has 4 rings (SSSR count). The van der Waals surface area contributed by atoms with Crippen molar-refractivity contribution in [3.05, 3.63) is 47.5 Å². The Hall–Kier alpha value is -3.15. The van der Waals surface area contributed by atoms with Gasteiger partial charge >= 0.3 is 0 Å². The van der Waals surface area contributed by atoms with Gasteiger partial charge in [-0.3, -0.25) is 0 Å². The lowest BCUT2D eigenvalue weighted by molar-refractivity contribution is 0.583. The van der Waals surface area contributed by atoms with Crippen LogP contribution in [-0.2, 0) is 16.4 Å². The highest BCUT2D eigenvalue weighted by molar-refractivity contribution is 7.92. The van der Waals surface area contributed by atoms with Gasteiger partial charge in [-0.25, -0.2) is 18.4 Å². The first-order valence-corrected chi connectivity index (χ1v) is 11.8. The molecule has 0 aliphatic rings. The number of benzene rings is 1. The van der Waals surface area contributed by atoms with Gasteiger partial charge in [0.2, 0.25) is 0 Å². The van der Waals surface area contributed by atoms with Crippen LogP contribution in [0.3, 0.4) is 0 Å². The van der Waals surface area contributed by atoms with E-state index in [1.54, 1.807) is 38.1 Å². The van der Waals surface area contributed by atoms with Crippen LogP contribution >= 0.6 is 11.3 Å². The quantitative estimate of drug-likeness (QED) is 0.429. The maximum Gasteiger partial charge on any atom is 0.270 e. The number of nitrogens with zero attached hydrogens (tertiary/aromatic N) is 4. The van der Waals surface area contributed by atoms with Crippen molar-refractivity contribution in [2.24, 2.45) is 5.73 Å². The van der Waals surface area contributed by atoms with Crippen LogP contribution in [0.4, 0.5) is 5.82 Å². The van der Waals surface area contributed by atoms with E-state index in [4.69, 9.17) is 15.9 Å². The monoisotopic (exact) mass is 464 g/mol. The van der Waals surface area contributed by atoms with E-state index in [0.29, 0.717) is 23.7 Å². The molecule has 0 aliphatic carbocycles. The summed E-state index contributed by atoms with van der Waals surface area (Å²) < 4.78 is 30.4. The third-order valence-corrected chi connectivity index (χ3v) is 7.87. The second kappa shape index (κ2) is 8.17. The van der Waals surface area contributed by atoms with E-state index >= 15 is 0 Å². The number of nitrogen functional groups attached to an aromatic ring is 1. The second-order valence-electron chi connectivity index (χ2n) is 6.99. The molecular formula is C20H28N6O3S2. The Morgan fingerprint density at radius 2 is 1.81 bits per heavy atom. The van der Waals surface area contributed by atoms with Gasteiger partial charge in [0.25, 0.3) is 11.8 Å². The van der Waals surface area contributed by atoms with Gasteiger partial charge in [-0.15, -0.1) is 21.5 Å². The van der Waals surface area contributed by atoms with E-state index in [1.807, 2.05) is 12.1 Å². The largest absolute Gasteiger partial charge is 0.414 e. The van der Waals surface area contributed by atoms with Crippen molar-refractivity contribution in [3.8, 4) is 33.6 Å². The summed E-state index contributed by atoms with van der Waals surface area (Å²) in [5.74, 6) is 0.630. The van der Waals surface area contributed by atoms with Gasteiger partial charge < -0.3 is 15.9 Å². The van der Waals surface area contributed by atoms with Crippen LogP contribution in [-0.4, -0.2) is 33.8 Å². The molecule has 0 saturated carbocycles. The van der Waals surface area contributed by atoms with Gasteiger partial charge in [0.05, 0.1) is 26.9 Å². The summed E-state index contributed by atoms with van der Waals surface area (Å²) in [6.45, 7) is 3.72. The predicted octanol–water partition coefficient (Wildman–Crippen LogP) is 4.13. The second-order valence-corrected chi connectivity index (χ2v) is 10.7. The molecule has 0 spiro atoms. The number of rotatable bonds is 6. The third-order valence-electron chi connectivity index (χ3n) is 4.60. The molecule has 9 nitrogen and oxygen atoms in total. The van der Waals surface area contributed by atoms with E-state index in [0.717, 1.165) is 9.75 Å². The molecule has 0 aliphatic heterocycles. The van der Waals surface area contributed by atoms with Gasteiger partial charge in [0, 0.05) is 22.7 Å². The zero-order chi connectivity index (χ0) is 22.2. The maximum atomic E-state index is 12.3. The number of sulfone groups is 1. The molecule has 3 heterocycles. The van der Waals surface area contributed by atoms with Crippen LogP contribution in [0.5, 0.6) is 0 Å². The Morgan fingerprint density at radius 3 is 2.45 bits per heavy atom.